The van der Waals surface area contributed by atoms with Crippen LogP contribution in [0, 0.1) is 11.6 Å². The quantitative estimate of drug-likeness (QED) is 0.556. The number of carbonyl (C=O) groups excluding carboxylic acids is 1. The highest BCUT2D eigenvalue weighted by atomic mass is 32.2. The predicted octanol–water partition coefficient (Wildman–Crippen LogP) is 3.73. The van der Waals surface area contributed by atoms with Crippen molar-refractivity contribution in [1.29, 1.82) is 0 Å². The van der Waals surface area contributed by atoms with Crippen molar-refractivity contribution in [2.75, 3.05) is 0 Å². The fraction of sp³-hybridized carbons (Fsp3) is 0.174. The molecule has 0 radical (unpaired) electrons. The van der Waals surface area contributed by atoms with Gasteiger partial charge < -0.3 is 5.32 Å². The fourth-order valence-electron chi connectivity index (χ4n) is 3.10. The summed E-state index contributed by atoms with van der Waals surface area (Å²) in [6.45, 7) is 1.70. The maximum Gasteiger partial charge on any atom is 0.244 e. The van der Waals surface area contributed by atoms with E-state index in [-0.39, 0.29) is 6.42 Å². The molecule has 0 unspecified atom stereocenters. The second-order valence-corrected chi connectivity index (χ2v) is 8.76. The third kappa shape index (κ3) is 5.96. The van der Waals surface area contributed by atoms with E-state index in [1.54, 1.807) is 37.3 Å². The largest absolute Gasteiger partial charge is 0.348 e. The molecule has 0 aliphatic rings. The van der Waals surface area contributed by atoms with Crippen LogP contribution in [0.4, 0.5) is 8.78 Å². The molecule has 0 aliphatic heterocycles. The third-order valence-corrected chi connectivity index (χ3v) is 6.26. The molecule has 0 bridgehead atoms. The van der Waals surface area contributed by atoms with Crippen molar-refractivity contribution in [3.8, 4) is 0 Å². The van der Waals surface area contributed by atoms with Crippen molar-refractivity contribution >= 4 is 15.9 Å². The highest BCUT2D eigenvalue weighted by Crippen LogP contribution is 2.17. The van der Waals surface area contributed by atoms with Crippen LogP contribution in [0.3, 0.4) is 0 Å². The lowest BCUT2D eigenvalue weighted by atomic mass is 10.0. The van der Waals surface area contributed by atoms with Gasteiger partial charge in [-0.1, -0.05) is 54.6 Å². The number of sulfonamides is 1. The molecule has 0 fully saturated rings. The molecule has 1 amide bonds. The fourth-order valence-corrected chi connectivity index (χ4v) is 4.37. The molecule has 3 aromatic carbocycles. The van der Waals surface area contributed by atoms with E-state index < -0.39 is 44.5 Å². The van der Waals surface area contributed by atoms with E-state index in [2.05, 4.69) is 10.0 Å². The standard InChI is InChI=1S/C23H22F2N2O3S/c1-16(18-11-13-19(24)14-12-18)26-23(28)21(15-17-7-3-2-4-8-17)27-31(29,30)22-10-6-5-9-20(22)25/h2-14,16,21,27H,15H2,1H3,(H,26,28)/t16-,21-/m1/s1. The zero-order valence-corrected chi connectivity index (χ0v) is 17.6. The van der Waals surface area contributed by atoms with Crippen LogP contribution < -0.4 is 10.0 Å². The number of hydrogen-bond donors (Lipinski definition) is 2. The summed E-state index contributed by atoms with van der Waals surface area (Å²) in [5, 5.41) is 2.74. The molecule has 0 saturated heterocycles. The van der Waals surface area contributed by atoms with Gasteiger partial charge in [0.25, 0.3) is 0 Å². The normalized spacial score (nSPS) is 13.4. The molecule has 0 aliphatic carbocycles. The Hall–Kier alpha value is -3.10. The lowest BCUT2D eigenvalue weighted by molar-refractivity contribution is -0.123. The summed E-state index contributed by atoms with van der Waals surface area (Å²) in [6.07, 6.45) is 0.0660. The number of rotatable bonds is 8. The van der Waals surface area contributed by atoms with Gasteiger partial charge in [-0.25, -0.2) is 17.2 Å². The van der Waals surface area contributed by atoms with Crippen LogP contribution in [0.15, 0.2) is 83.8 Å². The average molecular weight is 445 g/mol. The summed E-state index contributed by atoms with van der Waals surface area (Å²) >= 11 is 0. The van der Waals surface area contributed by atoms with Gasteiger partial charge in [0, 0.05) is 0 Å². The van der Waals surface area contributed by atoms with Gasteiger partial charge in [-0.3, -0.25) is 4.79 Å². The summed E-state index contributed by atoms with van der Waals surface area (Å²) in [6, 6.07) is 17.8. The van der Waals surface area contributed by atoms with Crippen LogP contribution in [0.5, 0.6) is 0 Å². The minimum absolute atomic E-state index is 0.0660. The highest BCUT2D eigenvalue weighted by Gasteiger charge is 2.28. The van der Waals surface area contributed by atoms with Crippen molar-refractivity contribution < 1.29 is 22.0 Å². The first-order valence-corrected chi connectivity index (χ1v) is 11.1. The Kier molecular flexibility index (Phi) is 7.14. The second-order valence-electron chi connectivity index (χ2n) is 7.08. The minimum atomic E-state index is -4.30. The van der Waals surface area contributed by atoms with Gasteiger partial charge >= 0.3 is 0 Å². The number of benzene rings is 3. The van der Waals surface area contributed by atoms with Crippen molar-refractivity contribution in [3.05, 3.63) is 102 Å². The third-order valence-electron chi connectivity index (χ3n) is 4.75. The van der Waals surface area contributed by atoms with Gasteiger partial charge in [-0.15, -0.1) is 0 Å². The van der Waals surface area contributed by atoms with Crippen molar-refractivity contribution in [3.63, 3.8) is 0 Å². The number of amides is 1. The molecule has 2 N–H and O–H groups in total. The SMILES string of the molecule is C[C@@H](NC(=O)[C@@H](Cc1ccccc1)NS(=O)(=O)c1ccccc1F)c1ccc(F)cc1. The Balaban J connectivity index is 1.84. The lowest BCUT2D eigenvalue weighted by Gasteiger charge is -2.22. The monoisotopic (exact) mass is 444 g/mol. The first-order chi connectivity index (χ1) is 14.8. The molecule has 2 atom stereocenters. The zero-order chi connectivity index (χ0) is 22.4. The van der Waals surface area contributed by atoms with Gasteiger partial charge in [0.2, 0.25) is 15.9 Å². The number of halogens is 2. The Morgan fingerprint density at radius 1 is 0.903 bits per heavy atom. The van der Waals surface area contributed by atoms with Crippen molar-refractivity contribution in [2.45, 2.75) is 30.3 Å². The maximum absolute atomic E-state index is 14.1. The average Bonchev–Trinajstić information content (AvgIpc) is 2.74. The maximum atomic E-state index is 14.1. The predicted molar refractivity (Wildman–Crippen MR) is 114 cm³/mol. The molecule has 3 rings (SSSR count). The van der Waals surface area contributed by atoms with E-state index >= 15 is 0 Å². The zero-order valence-electron chi connectivity index (χ0n) is 16.8. The Bertz CT molecular complexity index is 1140. The van der Waals surface area contributed by atoms with Crippen molar-refractivity contribution in [2.24, 2.45) is 0 Å². The Morgan fingerprint density at radius 3 is 2.16 bits per heavy atom. The summed E-state index contributed by atoms with van der Waals surface area (Å²) < 4.78 is 55.1. The molecule has 5 nitrogen and oxygen atoms in total. The number of carbonyl (C=O) groups is 1. The van der Waals surface area contributed by atoms with E-state index in [0.29, 0.717) is 5.56 Å². The van der Waals surface area contributed by atoms with Crippen LogP contribution in [0.1, 0.15) is 24.1 Å². The number of hydrogen-bond acceptors (Lipinski definition) is 3. The summed E-state index contributed by atoms with van der Waals surface area (Å²) in [5.74, 6) is -1.89. The Labute approximate surface area is 180 Å². The van der Waals surface area contributed by atoms with Gasteiger partial charge in [-0.05, 0) is 48.7 Å². The van der Waals surface area contributed by atoms with Crippen LogP contribution in [-0.2, 0) is 21.2 Å². The molecular weight excluding hydrogens is 422 g/mol. The van der Waals surface area contributed by atoms with Crippen LogP contribution in [0.25, 0.3) is 0 Å². The van der Waals surface area contributed by atoms with Crippen LogP contribution in [-0.4, -0.2) is 20.4 Å². The van der Waals surface area contributed by atoms with Gasteiger partial charge in [0.1, 0.15) is 22.6 Å². The summed E-state index contributed by atoms with van der Waals surface area (Å²) in [4.78, 5) is 12.5. The molecule has 0 saturated carbocycles. The lowest BCUT2D eigenvalue weighted by Crippen LogP contribution is -2.48. The minimum Gasteiger partial charge on any atom is -0.348 e. The van der Waals surface area contributed by atoms with Crippen LogP contribution >= 0.6 is 0 Å². The van der Waals surface area contributed by atoms with Crippen molar-refractivity contribution in [1.82, 2.24) is 10.0 Å². The molecule has 31 heavy (non-hydrogen) atoms. The van der Waals surface area contributed by atoms with E-state index in [9.17, 15) is 22.0 Å². The summed E-state index contributed by atoms with van der Waals surface area (Å²) in [7, 11) is -4.30. The van der Waals surface area contributed by atoms with Gasteiger partial charge in [-0.2, -0.15) is 4.72 Å². The van der Waals surface area contributed by atoms with Gasteiger partial charge in [0.05, 0.1) is 6.04 Å². The second kappa shape index (κ2) is 9.80. The van der Waals surface area contributed by atoms with Crippen LogP contribution in [0.2, 0.25) is 0 Å². The highest BCUT2D eigenvalue weighted by molar-refractivity contribution is 7.89. The molecule has 0 spiro atoms. The Morgan fingerprint density at radius 2 is 1.52 bits per heavy atom. The first kappa shape index (κ1) is 22.6. The smallest absolute Gasteiger partial charge is 0.244 e. The van der Waals surface area contributed by atoms with E-state index in [4.69, 9.17) is 0 Å². The molecule has 162 valence electrons. The van der Waals surface area contributed by atoms with Gasteiger partial charge in [0.15, 0.2) is 0 Å². The molecule has 0 heterocycles. The molecule has 3 aromatic rings. The molecular formula is C23H22F2N2O3S. The van der Waals surface area contributed by atoms with E-state index in [1.807, 2.05) is 0 Å². The first-order valence-electron chi connectivity index (χ1n) is 9.63. The topological polar surface area (TPSA) is 75.3 Å². The molecule has 0 aromatic heterocycles. The summed E-state index contributed by atoms with van der Waals surface area (Å²) in [5.41, 5.74) is 1.39. The van der Waals surface area contributed by atoms with E-state index in [0.717, 1.165) is 17.7 Å². The molecule has 8 heteroatoms. The number of nitrogens with one attached hydrogen (secondary N) is 2. The van der Waals surface area contributed by atoms with E-state index in [1.165, 1.54) is 36.4 Å².